The standard InChI is InChI=1S/C14H8ClF3N2S/c15-8-4-13-12(5-10(8)17)19-14(21)20(13)6-7-1-2-9(16)11(18)3-7/h1-5H,6H2,(H,19,21). The second-order valence-corrected chi connectivity index (χ2v) is 5.34. The molecule has 0 aliphatic carbocycles. The number of benzene rings is 2. The van der Waals surface area contributed by atoms with Gasteiger partial charge in [0.05, 0.1) is 22.6 Å². The number of rotatable bonds is 2. The first-order chi connectivity index (χ1) is 9.95. The van der Waals surface area contributed by atoms with Crippen molar-refractivity contribution in [2.45, 2.75) is 6.54 Å². The van der Waals surface area contributed by atoms with Gasteiger partial charge in [0.2, 0.25) is 0 Å². The van der Waals surface area contributed by atoms with E-state index in [-0.39, 0.29) is 11.6 Å². The Labute approximate surface area is 127 Å². The summed E-state index contributed by atoms with van der Waals surface area (Å²) in [6.07, 6.45) is 0. The van der Waals surface area contributed by atoms with Crippen LogP contribution in [0.1, 0.15) is 5.56 Å². The molecule has 0 radical (unpaired) electrons. The summed E-state index contributed by atoms with van der Waals surface area (Å²) in [4.78, 5) is 2.85. The van der Waals surface area contributed by atoms with Crippen molar-refractivity contribution < 1.29 is 13.2 Å². The van der Waals surface area contributed by atoms with Crippen LogP contribution in [0.2, 0.25) is 5.02 Å². The van der Waals surface area contributed by atoms with Gasteiger partial charge in [0, 0.05) is 6.07 Å². The molecule has 0 aliphatic heterocycles. The molecule has 0 atom stereocenters. The molecular weight excluding hydrogens is 321 g/mol. The molecule has 1 heterocycles. The first-order valence-electron chi connectivity index (χ1n) is 5.97. The zero-order chi connectivity index (χ0) is 15.1. The van der Waals surface area contributed by atoms with Gasteiger partial charge in [-0.25, -0.2) is 13.2 Å². The molecule has 0 saturated heterocycles. The smallest absolute Gasteiger partial charge is 0.178 e. The highest BCUT2D eigenvalue weighted by Gasteiger charge is 2.10. The van der Waals surface area contributed by atoms with Gasteiger partial charge in [-0.15, -0.1) is 0 Å². The molecule has 1 N–H and O–H groups in total. The summed E-state index contributed by atoms with van der Waals surface area (Å²) in [5, 5.41) is -0.0319. The SMILES string of the molecule is Fc1ccc(Cn2c(=S)[nH]c3cc(F)c(Cl)cc32)cc1F. The van der Waals surface area contributed by atoms with E-state index in [1.165, 1.54) is 18.2 Å². The van der Waals surface area contributed by atoms with Crippen LogP contribution >= 0.6 is 23.8 Å². The molecule has 0 amide bonds. The number of hydrogen-bond donors (Lipinski definition) is 1. The molecule has 2 aromatic carbocycles. The van der Waals surface area contributed by atoms with Crippen LogP contribution < -0.4 is 0 Å². The Bertz CT molecular complexity index is 901. The number of H-pyrrole nitrogens is 1. The molecule has 0 fully saturated rings. The number of nitrogens with zero attached hydrogens (tertiary/aromatic N) is 1. The molecule has 7 heteroatoms. The van der Waals surface area contributed by atoms with Crippen LogP contribution in [0.25, 0.3) is 11.0 Å². The minimum absolute atomic E-state index is 0.0319. The van der Waals surface area contributed by atoms with Crippen LogP contribution in [0.5, 0.6) is 0 Å². The summed E-state index contributed by atoms with van der Waals surface area (Å²) in [6, 6.07) is 6.30. The molecule has 0 bridgehead atoms. The van der Waals surface area contributed by atoms with Crippen LogP contribution in [-0.4, -0.2) is 9.55 Å². The second kappa shape index (κ2) is 5.20. The van der Waals surface area contributed by atoms with Gasteiger partial charge in [0.25, 0.3) is 0 Å². The molecule has 2 nitrogen and oxygen atoms in total. The fraction of sp³-hybridized carbons (Fsp3) is 0.0714. The fourth-order valence-corrected chi connectivity index (χ4v) is 2.56. The third-order valence-corrected chi connectivity index (χ3v) is 3.75. The maximum Gasteiger partial charge on any atom is 0.178 e. The van der Waals surface area contributed by atoms with Gasteiger partial charge in [-0.3, -0.25) is 0 Å². The average Bonchev–Trinajstić information content (AvgIpc) is 2.71. The fourth-order valence-electron chi connectivity index (χ4n) is 2.13. The van der Waals surface area contributed by atoms with E-state index in [1.807, 2.05) is 0 Å². The van der Waals surface area contributed by atoms with E-state index >= 15 is 0 Å². The lowest BCUT2D eigenvalue weighted by Crippen LogP contribution is -2.01. The van der Waals surface area contributed by atoms with E-state index in [9.17, 15) is 13.2 Å². The lowest BCUT2D eigenvalue weighted by Gasteiger charge is -2.06. The molecule has 108 valence electrons. The van der Waals surface area contributed by atoms with Crippen molar-refractivity contribution in [2.75, 3.05) is 0 Å². The minimum Gasteiger partial charge on any atom is -0.330 e. The largest absolute Gasteiger partial charge is 0.330 e. The third kappa shape index (κ3) is 2.56. The van der Waals surface area contributed by atoms with Crippen LogP contribution in [0.15, 0.2) is 30.3 Å². The monoisotopic (exact) mass is 328 g/mol. The topological polar surface area (TPSA) is 20.7 Å². The van der Waals surface area contributed by atoms with E-state index in [1.54, 1.807) is 4.57 Å². The molecule has 1 aromatic heterocycles. The van der Waals surface area contributed by atoms with Gasteiger partial charge in [-0.05, 0) is 36.0 Å². The molecule has 21 heavy (non-hydrogen) atoms. The zero-order valence-corrected chi connectivity index (χ0v) is 12.0. The van der Waals surface area contributed by atoms with Crippen LogP contribution in [0, 0.1) is 22.2 Å². The predicted octanol–water partition coefficient (Wildman–Crippen LogP) is 4.82. The highest BCUT2D eigenvalue weighted by Crippen LogP contribution is 2.23. The Balaban J connectivity index is 2.11. The number of aromatic nitrogens is 2. The first kappa shape index (κ1) is 14.2. The number of fused-ring (bicyclic) bond motifs is 1. The lowest BCUT2D eigenvalue weighted by atomic mass is 10.2. The Morgan fingerprint density at radius 2 is 1.81 bits per heavy atom. The van der Waals surface area contributed by atoms with Gasteiger partial charge in [-0.2, -0.15) is 0 Å². The lowest BCUT2D eigenvalue weighted by molar-refractivity contribution is 0.506. The predicted molar refractivity (Wildman–Crippen MR) is 77.6 cm³/mol. The van der Waals surface area contributed by atoms with Gasteiger partial charge < -0.3 is 9.55 Å². The van der Waals surface area contributed by atoms with E-state index in [0.29, 0.717) is 21.4 Å². The van der Waals surface area contributed by atoms with Gasteiger partial charge in [0.1, 0.15) is 5.82 Å². The van der Waals surface area contributed by atoms with Crippen molar-refractivity contribution >= 4 is 34.9 Å². The number of imidazole rings is 1. The molecule has 3 aromatic rings. The Kier molecular flexibility index (Phi) is 3.51. The summed E-state index contributed by atoms with van der Waals surface area (Å²) in [5.41, 5.74) is 1.62. The van der Waals surface area contributed by atoms with E-state index in [2.05, 4.69) is 4.98 Å². The summed E-state index contributed by atoms with van der Waals surface area (Å²) in [6.45, 7) is 0.220. The Hall–Kier alpha value is -1.79. The van der Waals surface area contributed by atoms with Gasteiger partial charge in [-0.1, -0.05) is 17.7 Å². The first-order valence-corrected chi connectivity index (χ1v) is 6.76. The number of aromatic amines is 1. The molecule has 0 spiro atoms. The maximum atomic E-state index is 13.4. The van der Waals surface area contributed by atoms with E-state index < -0.39 is 17.5 Å². The highest BCUT2D eigenvalue weighted by molar-refractivity contribution is 7.71. The van der Waals surface area contributed by atoms with Gasteiger partial charge in [0.15, 0.2) is 16.4 Å². The van der Waals surface area contributed by atoms with Crippen LogP contribution in [-0.2, 0) is 6.54 Å². The van der Waals surface area contributed by atoms with Crippen molar-refractivity contribution in [3.8, 4) is 0 Å². The Morgan fingerprint density at radius 1 is 1.05 bits per heavy atom. The minimum atomic E-state index is -0.928. The summed E-state index contributed by atoms with van der Waals surface area (Å²) in [5.74, 6) is -2.39. The Morgan fingerprint density at radius 3 is 2.52 bits per heavy atom. The van der Waals surface area contributed by atoms with Crippen molar-refractivity contribution in [2.24, 2.45) is 0 Å². The average molecular weight is 329 g/mol. The summed E-state index contributed by atoms with van der Waals surface area (Å²) in [7, 11) is 0. The zero-order valence-electron chi connectivity index (χ0n) is 10.5. The van der Waals surface area contributed by atoms with Crippen molar-refractivity contribution in [3.63, 3.8) is 0 Å². The van der Waals surface area contributed by atoms with E-state index in [4.69, 9.17) is 23.8 Å². The molecular formula is C14H8ClF3N2S. The number of hydrogen-bond acceptors (Lipinski definition) is 1. The van der Waals surface area contributed by atoms with Crippen LogP contribution in [0.3, 0.4) is 0 Å². The number of nitrogens with one attached hydrogen (secondary N) is 1. The summed E-state index contributed by atoms with van der Waals surface area (Å²) >= 11 is 10.9. The van der Waals surface area contributed by atoms with Gasteiger partial charge >= 0.3 is 0 Å². The van der Waals surface area contributed by atoms with Crippen molar-refractivity contribution in [3.05, 3.63) is 63.1 Å². The van der Waals surface area contributed by atoms with Crippen LogP contribution in [0.4, 0.5) is 13.2 Å². The normalized spacial score (nSPS) is 11.2. The summed E-state index contributed by atoms with van der Waals surface area (Å²) < 4.78 is 41.6. The van der Waals surface area contributed by atoms with Crippen molar-refractivity contribution in [1.82, 2.24) is 9.55 Å². The molecule has 3 rings (SSSR count). The van der Waals surface area contributed by atoms with Crippen molar-refractivity contribution in [1.29, 1.82) is 0 Å². The highest BCUT2D eigenvalue weighted by atomic mass is 35.5. The maximum absolute atomic E-state index is 13.4. The molecule has 0 aliphatic rings. The third-order valence-electron chi connectivity index (χ3n) is 3.14. The molecule has 0 unspecified atom stereocenters. The second-order valence-electron chi connectivity index (χ2n) is 4.55. The quantitative estimate of drug-likeness (QED) is 0.669. The molecule has 0 saturated carbocycles. The number of halogens is 4. The van der Waals surface area contributed by atoms with E-state index in [0.717, 1.165) is 12.1 Å².